The molecule has 2 aliphatic rings. The molecule has 0 fully saturated rings. The van der Waals surface area contributed by atoms with Crippen LogP contribution in [0.2, 0.25) is 0 Å². The molecular weight excluding hydrogens is 498 g/mol. The Hall–Kier alpha value is -1.40. The van der Waals surface area contributed by atoms with Crippen LogP contribution in [0.25, 0.3) is 17.2 Å². The molecule has 0 N–H and O–H groups in total. The molecule has 3 aromatic rings. The molecule has 0 heterocycles. The molecule has 3 heteroatoms. The Morgan fingerprint density at radius 3 is 1.90 bits per heavy atom. The zero-order valence-corrected chi connectivity index (χ0v) is 21.7. The van der Waals surface area contributed by atoms with Gasteiger partial charge in [-0.2, -0.15) is 0 Å². The molecule has 0 saturated carbocycles. The quantitative estimate of drug-likeness (QED) is 0.445. The van der Waals surface area contributed by atoms with Crippen LogP contribution in [0.1, 0.15) is 53.9 Å². The van der Waals surface area contributed by atoms with Crippen LogP contribution < -0.4 is 24.8 Å². The van der Waals surface area contributed by atoms with E-state index in [1.165, 1.54) is 33.4 Å². The Morgan fingerprint density at radius 2 is 1.32 bits per heavy atom. The Bertz CT molecular complexity index is 1040. The number of fused-ring (bicyclic) bond motifs is 4. The summed E-state index contributed by atoms with van der Waals surface area (Å²) in [6.45, 7) is 6.53. The van der Waals surface area contributed by atoms with E-state index in [1.807, 2.05) is 0 Å². The molecular formula is C28H26Cl2Zr. The molecule has 0 saturated heterocycles. The van der Waals surface area contributed by atoms with E-state index in [0.717, 1.165) is 12.8 Å². The fraction of sp³-hybridized carbons (Fsp3) is 0.214. The second-order valence-corrected chi connectivity index (χ2v) is 8.41. The Kier molecular flexibility index (Phi) is 8.74. The monoisotopic (exact) mass is 522 g/mol. The molecule has 31 heavy (non-hydrogen) atoms. The van der Waals surface area contributed by atoms with Crippen molar-refractivity contribution in [2.45, 2.75) is 31.6 Å². The second kappa shape index (κ2) is 10.5. The number of rotatable bonds is 5. The molecule has 0 amide bonds. The van der Waals surface area contributed by atoms with Gasteiger partial charge < -0.3 is 24.8 Å². The van der Waals surface area contributed by atoms with Gasteiger partial charge in [0.1, 0.15) is 0 Å². The predicted molar refractivity (Wildman–Crippen MR) is 119 cm³/mol. The van der Waals surface area contributed by atoms with Gasteiger partial charge in [-0.25, -0.2) is 0 Å². The summed E-state index contributed by atoms with van der Waals surface area (Å²) in [7, 11) is 0. The van der Waals surface area contributed by atoms with E-state index < -0.39 is 0 Å². The maximum absolute atomic E-state index is 4.03. The Labute approximate surface area is 217 Å². The molecule has 2 unspecified atom stereocenters. The smallest absolute Gasteiger partial charge is 1.00 e. The normalized spacial score (nSPS) is 17.1. The summed E-state index contributed by atoms with van der Waals surface area (Å²) in [5.41, 5.74) is 8.69. The predicted octanol–water partition coefficient (Wildman–Crippen LogP) is 1.59. The van der Waals surface area contributed by atoms with E-state index in [-0.39, 0.29) is 56.4 Å². The first-order valence-electron chi connectivity index (χ1n) is 10.3. The van der Waals surface area contributed by atoms with E-state index in [9.17, 15) is 0 Å². The Morgan fingerprint density at radius 1 is 0.806 bits per heavy atom. The van der Waals surface area contributed by atoms with Crippen LogP contribution in [-0.4, -0.2) is 0 Å². The molecule has 156 valence electrons. The molecule has 0 radical (unpaired) electrons. The number of halogens is 2. The molecule has 0 bridgehead atoms. The maximum Gasteiger partial charge on any atom is 2.00 e. The first-order chi connectivity index (χ1) is 13.7. The zero-order chi connectivity index (χ0) is 19.1. The average molecular weight is 525 g/mol. The molecule has 0 spiro atoms. The third kappa shape index (κ3) is 4.18. The minimum atomic E-state index is 0. The fourth-order valence-corrected chi connectivity index (χ4v) is 5.58. The van der Waals surface area contributed by atoms with Crippen molar-refractivity contribution in [1.29, 1.82) is 0 Å². The van der Waals surface area contributed by atoms with Crippen molar-refractivity contribution in [3.63, 3.8) is 0 Å². The van der Waals surface area contributed by atoms with Crippen LogP contribution in [0.15, 0.2) is 91.5 Å². The number of allylic oxidation sites excluding steroid dienone is 2. The van der Waals surface area contributed by atoms with E-state index in [1.54, 1.807) is 0 Å². The zero-order valence-electron chi connectivity index (χ0n) is 17.7. The summed E-state index contributed by atoms with van der Waals surface area (Å²) in [4.78, 5) is 0. The van der Waals surface area contributed by atoms with Gasteiger partial charge in [0.2, 0.25) is 0 Å². The number of hydrogen-bond donors (Lipinski definition) is 0. The van der Waals surface area contributed by atoms with Crippen molar-refractivity contribution in [2.75, 3.05) is 0 Å². The first kappa shape index (κ1) is 25.9. The standard InChI is InChI=1S/C28H26.2ClH.Zr/c1-3-4-19-28(2,26-18-17-20-11-5-6-12-21(20)26)27-24-15-9-7-13-22(24)23-14-8-10-16-25(23)27;;;/h3,5-18,26-27H,1,4,19H2,2H3;2*1H;/q;;;+2/p-2. The van der Waals surface area contributed by atoms with Crippen molar-refractivity contribution >= 4 is 6.08 Å². The van der Waals surface area contributed by atoms with Crippen LogP contribution in [0.4, 0.5) is 0 Å². The molecule has 5 rings (SSSR count). The number of benzene rings is 3. The average Bonchev–Trinajstić information content (AvgIpc) is 3.32. The van der Waals surface area contributed by atoms with E-state index in [4.69, 9.17) is 0 Å². The molecule has 0 nitrogen and oxygen atoms in total. The molecule has 3 aromatic carbocycles. The van der Waals surface area contributed by atoms with Crippen LogP contribution in [0, 0.1) is 5.41 Å². The SMILES string of the molecule is C=CCCC(C)(C1C=Cc2ccccc21)C1c2ccccc2-c2ccccc21.[Cl-].[Cl-].[Zr+2]. The number of hydrogen-bond acceptors (Lipinski definition) is 0. The van der Waals surface area contributed by atoms with Crippen molar-refractivity contribution < 1.29 is 51.0 Å². The van der Waals surface area contributed by atoms with E-state index in [2.05, 4.69) is 105 Å². The summed E-state index contributed by atoms with van der Waals surface area (Å²) < 4.78 is 0. The summed E-state index contributed by atoms with van der Waals surface area (Å²) in [6.07, 6.45) is 8.99. The summed E-state index contributed by atoms with van der Waals surface area (Å²) in [6, 6.07) is 26.9. The van der Waals surface area contributed by atoms with Crippen molar-refractivity contribution in [2.24, 2.45) is 5.41 Å². The first-order valence-corrected chi connectivity index (χ1v) is 10.3. The Balaban J connectivity index is 0.00000114. The summed E-state index contributed by atoms with van der Waals surface area (Å²) in [5, 5.41) is 0. The van der Waals surface area contributed by atoms with Crippen LogP contribution in [0.5, 0.6) is 0 Å². The van der Waals surface area contributed by atoms with Gasteiger partial charge in [-0.15, -0.1) is 6.58 Å². The van der Waals surface area contributed by atoms with Gasteiger partial charge >= 0.3 is 26.2 Å². The van der Waals surface area contributed by atoms with Crippen molar-refractivity contribution in [1.82, 2.24) is 0 Å². The van der Waals surface area contributed by atoms with Crippen LogP contribution >= 0.6 is 0 Å². The van der Waals surface area contributed by atoms with Gasteiger partial charge in [0.25, 0.3) is 0 Å². The van der Waals surface area contributed by atoms with Gasteiger partial charge in [-0.1, -0.05) is 97.9 Å². The van der Waals surface area contributed by atoms with Gasteiger partial charge in [-0.3, -0.25) is 0 Å². The van der Waals surface area contributed by atoms with Crippen molar-refractivity contribution in [3.05, 3.63) is 114 Å². The minimum Gasteiger partial charge on any atom is -1.00 e. The maximum atomic E-state index is 4.03. The third-order valence-corrected chi connectivity index (χ3v) is 6.89. The largest absolute Gasteiger partial charge is 2.00 e. The van der Waals surface area contributed by atoms with Crippen molar-refractivity contribution in [3.8, 4) is 11.1 Å². The van der Waals surface area contributed by atoms with Crippen LogP contribution in [0.3, 0.4) is 0 Å². The van der Waals surface area contributed by atoms with E-state index >= 15 is 0 Å². The molecule has 0 aliphatic heterocycles. The van der Waals surface area contributed by atoms with Gasteiger partial charge in [-0.05, 0) is 51.6 Å². The minimum absolute atomic E-state index is 0. The summed E-state index contributed by atoms with van der Waals surface area (Å²) in [5.74, 6) is 0.800. The molecule has 2 atom stereocenters. The van der Waals surface area contributed by atoms with Gasteiger partial charge in [0.15, 0.2) is 0 Å². The summed E-state index contributed by atoms with van der Waals surface area (Å²) >= 11 is 0. The molecule has 0 aromatic heterocycles. The third-order valence-electron chi connectivity index (χ3n) is 6.89. The van der Waals surface area contributed by atoms with Gasteiger partial charge in [0.05, 0.1) is 0 Å². The van der Waals surface area contributed by atoms with E-state index in [0.29, 0.717) is 11.8 Å². The fourth-order valence-electron chi connectivity index (χ4n) is 5.58. The topological polar surface area (TPSA) is 0 Å². The molecule has 2 aliphatic carbocycles. The van der Waals surface area contributed by atoms with Crippen LogP contribution in [-0.2, 0) is 26.2 Å². The van der Waals surface area contributed by atoms with Gasteiger partial charge in [0, 0.05) is 11.8 Å². The second-order valence-electron chi connectivity index (χ2n) is 8.41.